The van der Waals surface area contributed by atoms with Crippen LogP contribution in [0.5, 0.6) is 0 Å². The van der Waals surface area contributed by atoms with E-state index < -0.39 is 10.6 Å². The van der Waals surface area contributed by atoms with Gasteiger partial charge in [-0.05, 0) is 0 Å². The molecule has 2 heterocycles. The first-order chi connectivity index (χ1) is 23.4. The van der Waals surface area contributed by atoms with Crippen LogP contribution in [0, 0.1) is 5.92 Å². The molecule has 0 nitrogen and oxygen atoms in total. The summed E-state index contributed by atoms with van der Waals surface area (Å²) in [5.41, 5.74) is 8.77. The molecule has 2 bridgehead atoms. The third kappa shape index (κ3) is 7.00. The summed E-state index contributed by atoms with van der Waals surface area (Å²) in [4.78, 5) is 0. The van der Waals surface area contributed by atoms with Crippen LogP contribution in [0.15, 0.2) is 45.3 Å². The monoisotopic (exact) mass is 962 g/mol. The van der Waals surface area contributed by atoms with Gasteiger partial charge in [0.25, 0.3) is 0 Å². The summed E-state index contributed by atoms with van der Waals surface area (Å²) in [5, 5.41) is -4.73. The van der Waals surface area contributed by atoms with E-state index in [1.807, 2.05) is 0 Å². The quantitative estimate of drug-likeness (QED) is 0.147. The molecule has 5 rings (SSSR count). The minimum atomic E-state index is -2.50. The van der Waals surface area contributed by atoms with Gasteiger partial charge in [-0.25, -0.2) is 0 Å². The van der Waals surface area contributed by atoms with Gasteiger partial charge in [0, 0.05) is 0 Å². The van der Waals surface area contributed by atoms with Gasteiger partial charge in [-0.3, -0.25) is 0 Å². The van der Waals surface area contributed by atoms with E-state index in [2.05, 4.69) is 110 Å². The van der Waals surface area contributed by atoms with Crippen LogP contribution in [-0.2, 0) is 5.41 Å². The SMILES string of the molecule is CCCCP1(Br)(CCCC)CCC2C3(c4cc(Br)ccc4-c4ccc(Br)cc43)C(CCC1CCC)C(CCC)P2(Br)(CCCC)CCCC. The Bertz CT molecular complexity index is 1370. The summed E-state index contributed by atoms with van der Waals surface area (Å²) >= 11 is 18.4. The zero-order valence-electron chi connectivity index (χ0n) is 31.8. The van der Waals surface area contributed by atoms with Crippen LogP contribution in [0.3, 0.4) is 0 Å². The van der Waals surface area contributed by atoms with Crippen molar-refractivity contribution in [2.75, 3.05) is 30.8 Å². The number of hydrogen-bond donors (Lipinski definition) is 0. The molecule has 2 aromatic rings. The molecule has 49 heavy (non-hydrogen) atoms. The molecule has 2 saturated heterocycles. The molecule has 278 valence electrons. The van der Waals surface area contributed by atoms with Gasteiger partial charge in [0.15, 0.2) is 0 Å². The molecule has 2 aromatic carbocycles. The van der Waals surface area contributed by atoms with Crippen molar-refractivity contribution in [1.29, 1.82) is 0 Å². The number of unbranched alkanes of at least 4 members (excludes halogenated alkanes) is 4. The zero-order valence-corrected chi connectivity index (χ0v) is 40.0. The Balaban J connectivity index is 1.91. The van der Waals surface area contributed by atoms with E-state index >= 15 is 0 Å². The molecule has 1 aliphatic carbocycles. The number of fused-ring (bicyclic) bond motifs is 3. The average Bonchev–Trinajstić information content (AvgIpc) is 3.47. The predicted molar refractivity (Wildman–Crippen MR) is 242 cm³/mol. The second-order valence-electron chi connectivity index (χ2n) is 16.8. The molecular formula is C43H68Br4P2. The predicted octanol–water partition coefficient (Wildman–Crippen LogP) is 16.9. The van der Waals surface area contributed by atoms with E-state index in [0.717, 1.165) is 11.3 Å². The average molecular weight is 967 g/mol. The van der Waals surface area contributed by atoms with Gasteiger partial charge in [-0.15, -0.1) is 0 Å². The first kappa shape index (κ1) is 41.4. The van der Waals surface area contributed by atoms with Crippen LogP contribution in [0.1, 0.15) is 149 Å². The second-order valence-corrected chi connectivity index (χ2v) is 40.5. The summed E-state index contributed by atoms with van der Waals surface area (Å²) in [6.07, 6.45) is 27.6. The first-order valence-electron chi connectivity index (χ1n) is 20.5. The molecule has 3 aliphatic rings. The maximum absolute atomic E-state index is 5.26. The van der Waals surface area contributed by atoms with Crippen molar-refractivity contribution in [3.05, 3.63) is 56.5 Å². The number of halogens is 4. The van der Waals surface area contributed by atoms with Crippen molar-refractivity contribution >= 4 is 73.4 Å². The Morgan fingerprint density at radius 1 is 0.612 bits per heavy atom. The summed E-state index contributed by atoms with van der Waals surface area (Å²) in [6, 6.07) is 14.9. The van der Waals surface area contributed by atoms with Gasteiger partial charge in [0.1, 0.15) is 0 Å². The maximum atomic E-state index is 5.26. The Morgan fingerprint density at radius 2 is 1.10 bits per heavy atom. The van der Waals surface area contributed by atoms with E-state index in [9.17, 15) is 0 Å². The number of rotatable bonds is 16. The van der Waals surface area contributed by atoms with Gasteiger partial charge in [0.2, 0.25) is 0 Å². The zero-order chi connectivity index (χ0) is 35.6. The molecule has 2 aliphatic heterocycles. The topological polar surface area (TPSA) is 0 Å². The van der Waals surface area contributed by atoms with Crippen LogP contribution in [0.4, 0.5) is 0 Å². The van der Waals surface area contributed by atoms with Gasteiger partial charge >= 0.3 is 338 Å². The van der Waals surface area contributed by atoms with Gasteiger partial charge in [-0.2, -0.15) is 0 Å². The number of benzene rings is 2. The van der Waals surface area contributed by atoms with Gasteiger partial charge in [-0.1, -0.05) is 0 Å². The summed E-state index contributed by atoms with van der Waals surface area (Å²) < 4.78 is 2.52. The molecule has 0 amide bonds. The normalized spacial score (nSPS) is 28.6. The van der Waals surface area contributed by atoms with Gasteiger partial charge in [0.05, 0.1) is 0 Å². The van der Waals surface area contributed by atoms with E-state index in [1.165, 1.54) is 147 Å². The Labute approximate surface area is 335 Å². The third-order valence-electron chi connectivity index (χ3n) is 14.2. The molecule has 0 saturated carbocycles. The molecular weight excluding hydrogens is 898 g/mol. The fraction of sp³-hybridized carbons (Fsp3) is 0.721. The van der Waals surface area contributed by atoms with Crippen molar-refractivity contribution in [2.24, 2.45) is 5.92 Å². The van der Waals surface area contributed by atoms with E-state index in [0.29, 0.717) is 11.6 Å². The molecule has 4 unspecified atom stereocenters. The second kappa shape index (κ2) is 16.5. The minimum absolute atomic E-state index is 0.0552. The molecule has 6 heteroatoms. The standard InChI is InChI=1S/C43H68Br4P2/c1-7-13-26-48(46,27-14-8-2)30-25-42-43(39-31-33(44)19-22-36(39)37-23-20-34(45)32-40(37)43)38(24-21-35(48)17-11-5)41(18-12-6)49(42,47,28-15-9-3)29-16-10-4/h19-20,22-23,31-32,35,38,41-42H,7-18,21,24-30H2,1-6H3. The molecule has 4 atom stereocenters. The van der Waals surface area contributed by atoms with Crippen molar-refractivity contribution in [3.8, 4) is 11.1 Å². The van der Waals surface area contributed by atoms with Crippen molar-refractivity contribution in [2.45, 2.75) is 160 Å². The fourth-order valence-corrected chi connectivity index (χ4v) is 35.8. The van der Waals surface area contributed by atoms with E-state index in [1.54, 1.807) is 11.1 Å². The molecule has 0 radical (unpaired) electrons. The molecule has 0 aromatic heterocycles. The van der Waals surface area contributed by atoms with Gasteiger partial charge < -0.3 is 0 Å². The Morgan fingerprint density at radius 3 is 1.57 bits per heavy atom. The molecule has 0 N–H and O–H groups in total. The van der Waals surface area contributed by atoms with Crippen LogP contribution in [-0.4, -0.2) is 47.8 Å². The Kier molecular flexibility index (Phi) is 14.0. The van der Waals surface area contributed by atoms with Crippen LogP contribution < -0.4 is 0 Å². The van der Waals surface area contributed by atoms with E-state index in [-0.39, 0.29) is 5.41 Å². The summed E-state index contributed by atoms with van der Waals surface area (Å²) in [7, 11) is 0. The van der Waals surface area contributed by atoms with Crippen LogP contribution in [0.2, 0.25) is 0 Å². The fourth-order valence-electron chi connectivity index (χ4n) is 12.2. The number of hydrogen-bond acceptors (Lipinski definition) is 0. The third-order valence-corrected chi connectivity index (χ3v) is 38.7. The molecule has 1 spiro atoms. The first-order valence-corrected chi connectivity index (χ1v) is 31.7. The van der Waals surface area contributed by atoms with Crippen molar-refractivity contribution in [1.82, 2.24) is 0 Å². The Hall–Kier alpha value is 1.22. The molecule has 2 fully saturated rings. The summed E-state index contributed by atoms with van der Waals surface area (Å²) in [6.45, 7) is 14.8. The van der Waals surface area contributed by atoms with E-state index in [4.69, 9.17) is 31.0 Å². The van der Waals surface area contributed by atoms with Crippen molar-refractivity contribution < 1.29 is 0 Å². The van der Waals surface area contributed by atoms with Crippen LogP contribution in [0.25, 0.3) is 11.1 Å². The van der Waals surface area contributed by atoms with Crippen molar-refractivity contribution in [3.63, 3.8) is 0 Å². The summed E-state index contributed by atoms with van der Waals surface area (Å²) in [5.74, 6) is 0.669. The van der Waals surface area contributed by atoms with Crippen LogP contribution >= 0.6 is 73.4 Å².